The zero-order valence-electron chi connectivity index (χ0n) is 19.1. The number of benzene rings is 2. The van der Waals surface area contributed by atoms with Gasteiger partial charge in [-0.05, 0) is 60.7 Å². The highest BCUT2D eigenvalue weighted by Gasteiger charge is 2.28. The Morgan fingerprint density at radius 3 is 2.62 bits per heavy atom. The van der Waals surface area contributed by atoms with Crippen molar-refractivity contribution in [2.75, 3.05) is 18.8 Å². The third-order valence-electron chi connectivity index (χ3n) is 7.15. The molecule has 8 heteroatoms. The van der Waals surface area contributed by atoms with Crippen LogP contribution in [-0.2, 0) is 27.6 Å². The molecule has 2 aromatic carbocycles. The van der Waals surface area contributed by atoms with Crippen LogP contribution >= 0.6 is 0 Å². The van der Waals surface area contributed by atoms with Crippen LogP contribution in [0.2, 0.25) is 0 Å². The Labute approximate surface area is 199 Å². The van der Waals surface area contributed by atoms with E-state index < -0.39 is 9.84 Å². The standard InChI is InChI=1S/C26H28N4O3S/c27-17-19-4-5-22-16-23(7-6-21(22)15-19)34(32,33)14-10-26(31)29-12-8-20(9-13-29)24-18-28-25-3-1-2-11-30(24)25/h4-7,15-16,18,20H,1-3,8-14H2. The van der Waals surface area contributed by atoms with Gasteiger partial charge in [0.25, 0.3) is 0 Å². The first kappa shape index (κ1) is 22.6. The minimum absolute atomic E-state index is 0.0134. The van der Waals surface area contributed by atoms with Crippen LogP contribution in [0.5, 0.6) is 0 Å². The molecule has 1 amide bonds. The van der Waals surface area contributed by atoms with Crippen LogP contribution in [0.1, 0.15) is 55.1 Å². The lowest BCUT2D eigenvalue weighted by Gasteiger charge is -2.33. The van der Waals surface area contributed by atoms with E-state index in [1.54, 1.807) is 36.4 Å². The number of amides is 1. The van der Waals surface area contributed by atoms with Crippen molar-refractivity contribution >= 4 is 26.5 Å². The van der Waals surface area contributed by atoms with E-state index in [0.29, 0.717) is 24.6 Å². The smallest absolute Gasteiger partial charge is 0.223 e. The van der Waals surface area contributed by atoms with Crippen LogP contribution in [-0.4, -0.2) is 47.6 Å². The second kappa shape index (κ2) is 9.22. The number of nitrogens with zero attached hydrogens (tertiary/aromatic N) is 4. The van der Waals surface area contributed by atoms with Crippen molar-refractivity contribution in [3.8, 4) is 6.07 Å². The lowest BCUT2D eigenvalue weighted by atomic mass is 9.93. The molecule has 0 radical (unpaired) electrons. The number of aryl methyl sites for hydroxylation is 1. The molecule has 1 saturated heterocycles. The van der Waals surface area contributed by atoms with Gasteiger partial charge in [-0.25, -0.2) is 13.4 Å². The molecule has 7 nitrogen and oxygen atoms in total. The SMILES string of the molecule is N#Cc1ccc2cc(S(=O)(=O)CCC(=O)N3CCC(c4cnc5n4CCCC5)CC3)ccc2c1. The van der Waals surface area contributed by atoms with Crippen LogP contribution in [0.4, 0.5) is 0 Å². The Morgan fingerprint density at radius 2 is 1.82 bits per heavy atom. The number of hydrogen-bond donors (Lipinski definition) is 0. The van der Waals surface area contributed by atoms with Crippen LogP contribution < -0.4 is 0 Å². The van der Waals surface area contributed by atoms with Gasteiger partial charge in [0.2, 0.25) is 5.91 Å². The summed E-state index contributed by atoms with van der Waals surface area (Å²) in [5.74, 6) is 1.29. The number of carbonyl (C=O) groups is 1. The Balaban J connectivity index is 1.19. The van der Waals surface area contributed by atoms with Crippen LogP contribution in [0.3, 0.4) is 0 Å². The summed E-state index contributed by atoms with van der Waals surface area (Å²) in [5, 5.41) is 10.6. The average molecular weight is 477 g/mol. The molecule has 3 aromatic rings. The molecule has 5 rings (SSSR count). The van der Waals surface area contributed by atoms with Crippen molar-refractivity contribution < 1.29 is 13.2 Å². The first-order valence-electron chi connectivity index (χ1n) is 11.9. The zero-order chi connectivity index (χ0) is 23.7. The topological polar surface area (TPSA) is 96.1 Å². The van der Waals surface area contributed by atoms with E-state index in [9.17, 15) is 13.2 Å². The maximum Gasteiger partial charge on any atom is 0.223 e. The van der Waals surface area contributed by atoms with E-state index >= 15 is 0 Å². The fourth-order valence-corrected chi connectivity index (χ4v) is 6.44. The molecule has 0 aliphatic carbocycles. The summed E-state index contributed by atoms with van der Waals surface area (Å²) >= 11 is 0. The Hall–Kier alpha value is -3.18. The first-order valence-corrected chi connectivity index (χ1v) is 13.6. The highest BCUT2D eigenvalue weighted by molar-refractivity contribution is 7.91. The Morgan fingerprint density at radius 1 is 1.06 bits per heavy atom. The Bertz CT molecular complexity index is 1380. The normalized spacial score (nSPS) is 16.9. The molecular formula is C26H28N4O3S. The van der Waals surface area contributed by atoms with Gasteiger partial charge < -0.3 is 9.47 Å². The van der Waals surface area contributed by atoms with Crippen LogP contribution in [0, 0.1) is 11.3 Å². The predicted molar refractivity (Wildman–Crippen MR) is 129 cm³/mol. The highest BCUT2D eigenvalue weighted by atomic mass is 32.2. The molecule has 3 heterocycles. The quantitative estimate of drug-likeness (QED) is 0.558. The molecule has 0 spiro atoms. The number of fused-ring (bicyclic) bond motifs is 2. The molecule has 34 heavy (non-hydrogen) atoms. The van der Waals surface area contributed by atoms with Gasteiger partial charge in [0.15, 0.2) is 9.84 Å². The monoisotopic (exact) mass is 476 g/mol. The van der Waals surface area contributed by atoms with Gasteiger partial charge >= 0.3 is 0 Å². The molecule has 0 atom stereocenters. The number of piperidine rings is 1. The number of sulfone groups is 1. The van der Waals surface area contributed by atoms with Crippen molar-refractivity contribution in [1.29, 1.82) is 5.26 Å². The fourth-order valence-electron chi connectivity index (χ4n) is 5.17. The molecule has 1 aromatic heterocycles. The van der Waals surface area contributed by atoms with Gasteiger partial charge in [0.05, 0.1) is 22.3 Å². The number of nitriles is 1. The average Bonchev–Trinajstić information content (AvgIpc) is 3.31. The summed E-state index contributed by atoms with van der Waals surface area (Å²) in [5.41, 5.74) is 1.83. The van der Waals surface area contributed by atoms with Gasteiger partial charge in [-0.3, -0.25) is 4.79 Å². The lowest BCUT2D eigenvalue weighted by Crippen LogP contribution is -2.39. The van der Waals surface area contributed by atoms with Gasteiger partial charge in [-0.2, -0.15) is 5.26 Å². The second-order valence-corrected chi connectivity index (χ2v) is 11.4. The maximum absolute atomic E-state index is 12.9. The van der Waals surface area contributed by atoms with Gasteiger partial charge in [-0.15, -0.1) is 0 Å². The number of aromatic nitrogens is 2. The molecular weight excluding hydrogens is 448 g/mol. The van der Waals surface area contributed by atoms with E-state index in [1.165, 1.54) is 24.4 Å². The molecule has 2 aliphatic rings. The van der Waals surface area contributed by atoms with Crippen molar-refractivity contribution in [3.05, 3.63) is 59.7 Å². The summed E-state index contributed by atoms with van der Waals surface area (Å²) in [7, 11) is -3.58. The van der Waals surface area contributed by atoms with Gasteiger partial charge in [-0.1, -0.05) is 12.1 Å². The number of hydrogen-bond acceptors (Lipinski definition) is 5. The number of carbonyl (C=O) groups excluding carboxylic acids is 1. The molecule has 0 N–H and O–H groups in total. The summed E-state index contributed by atoms with van der Waals surface area (Å²) in [4.78, 5) is 19.4. The first-order chi connectivity index (χ1) is 16.4. The van der Waals surface area contributed by atoms with Crippen molar-refractivity contribution in [2.24, 2.45) is 0 Å². The van der Waals surface area contributed by atoms with E-state index in [-0.39, 0.29) is 23.0 Å². The minimum atomic E-state index is -3.58. The van der Waals surface area contributed by atoms with E-state index in [0.717, 1.165) is 36.6 Å². The molecule has 1 fully saturated rings. The fraction of sp³-hybridized carbons (Fsp3) is 0.423. The number of imidazole rings is 1. The third-order valence-corrected chi connectivity index (χ3v) is 8.87. The van der Waals surface area contributed by atoms with Gasteiger partial charge in [0.1, 0.15) is 5.82 Å². The van der Waals surface area contributed by atoms with Crippen LogP contribution in [0.15, 0.2) is 47.5 Å². The second-order valence-electron chi connectivity index (χ2n) is 9.27. The number of likely N-dealkylation sites (tertiary alicyclic amines) is 1. The molecule has 0 saturated carbocycles. The van der Waals surface area contributed by atoms with E-state index in [4.69, 9.17) is 5.26 Å². The Kier molecular flexibility index (Phi) is 6.13. The lowest BCUT2D eigenvalue weighted by molar-refractivity contribution is -0.131. The summed E-state index contributed by atoms with van der Waals surface area (Å²) in [6, 6.07) is 12.1. The molecule has 0 unspecified atom stereocenters. The molecule has 0 bridgehead atoms. The largest absolute Gasteiger partial charge is 0.343 e. The molecule has 2 aliphatic heterocycles. The predicted octanol–water partition coefficient (Wildman–Crippen LogP) is 3.81. The maximum atomic E-state index is 12.9. The van der Waals surface area contributed by atoms with E-state index in [2.05, 4.69) is 15.6 Å². The van der Waals surface area contributed by atoms with E-state index in [1.807, 2.05) is 11.1 Å². The summed E-state index contributed by atoms with van der Waals surface area (Å²) in [6.45, 7) is 2.35. The highest BCUT2D eigenvalue weighted by Crippen LogP contribution is 2.31. The van der Waals surface area contributed by atoms with Crippen molar-refractivity contribution in [3.63, 3.8) is 0 Å². The minimum Gasteiger partial charge on any atom is -0.343 e. The van der Waals surface area contributed by atoms with Gasteiger partial charge in [0, 0.05) is 50.3 Å². The zero-order valence-corrected chi connectivity index (χ0v) is 19.9. The van der Waals surface area contributed by atoms with Crippen molar-refractivity contribution in [1.82, 2.24) is 14.5 Å². The molecule has 176 valence electrons. The third kappa shape index (κ3) is 4.45. The number of rotatable bonds is 5. The summed E-state index contributed by atoms with van der Waals surface area (Å²) < 4.78 is 28.2. The van der Waals surface area contributed by atoms with Crippen LogP contribution in [0.25, 0.3) is 10.8 Å². The van der Waals surface area contributed by atoms with Crippen molar-refractivity contribution in [2.45, 2.75) is 55.9 Å². The summed E-state index contributed by atoms with van der Waals surface area (Å²) in [6.07, 6.45) is 7.22.